The number of rotatable bonds is 5. The van der Waals surface area contributed by atoms with Gasteiger partial charge in [-0.25, -0.2) is 4.68 Å². The summed E-state index contributed by atoms with van der Waals surface area (Å²) in [5.74, 6) is -2.25. The number of anilines is 2. The number of nitrogens with zero attached hydrogens (tertiary/aromatic N) is 1. The Bertz CT molecular complexity index is 1450. The van der Waals surface area contributed by atoms with E-state index in [0.29, 0.717) is 27.3 Å². The lowest BCUT2D eigenvalue weighted by atomic mass is 10.1. The Hall–Kier alpha value is -3.62. The third-order valence-electron chi connectivity index (χ3n) is 5.47. The molecule has 0 atom stereocenters. The maximum Gasteiger partial charge on any atom is 0.328 e. The van der Waals surface area contributed by atoms with Gasteiger partial charge in [0.1, 0.15) is 5.69 Å². The number of halogens is 2. The van der Waals surface area contributed by atoms with Gasteiger partial charge in [-0.2, -0.15) is 0 Å². The third kappa shape index (κ3) is 5.55. The molecule has 3 amide bonds. The van der Waals surface area contributed by atoms with Crippen LogP contribution < -0.4 is 16.1 Å². The fraction of sp³-hybridized carbons (Fsp3) is 0.115. The first kappa shape index (κ1) is 24.5. The van der Waals surface area contributed by atoms with Crippen molar-refractivity contribution in [2.75, 3.05) is 16.1 Å². The van der Waals surface area contributed by atoms with Crippen molar-refractivity contribution in [1.82, 2.24) is 4.68 Å². The molecule has 9 heteroatoms. The first-order valence-corrected chi connectivity index (χ1v) is 12.0. The zero-order valence-corrected chi connectivity index (χ0v) is 21.3. The number of fused-ring (bicyclic) bond motifs is 1. The number of benzene rings is 3. The summed E-state index contributed by atoms with van der Waals surface area (Å²) in [5.41, 5.74) is 6.28. The van der Waals surface area contributed by atoms with Crippen LogP contribution in [0.4, 0.5) is 11.4 Å². The van der Waals surface area contributed by atoms with E-state index in [1.165, 1.54) is 4.68 Å². The lowest BCUT2D eigenvalue weighted by molar-refractivity contribution is -0.133. The van der Waals surface area contributed by atoms with Crippen LogP contribution in [-0.2, 0) is 16.0 Å². The van der Waals surface area contributed by atoms with Crippen LogP contribution in [-0.4, -0.2) is 22.4 Å². The van der Waals surface area contributed by atoms with Crippen LogP contribution in [0.2, 0.25) is 5.02 Å². The van der Waals surface area contributed by atoms with E-state index in [2.05, 4.69) is 32.0 Å². The van der Waals surface area contributed by atoms with Crippen molar-refractivity contribution >= 4 is 67.5 Å². The van der Waals surface area contributed by atoms with Crippen molar-refractivity contribution in [1.29, 1.82) is 0 Å². The van der Waals surface area contributed by atoms with Gasteiger partial charge in [0.25, 0.3) is 5.91 Å². The molecule has 178 valence electrons. The lowest BCUT2D eigenvalue weighted by Crippen LogP contribution is -2.36. The van der Waals surface area contributed by atoms with E-state index in [-0.39, 0.29) is 5.69 Å². The zero-order chi connectivity index (χ0) is 25.1. The van der Waals surface area contributed by atoms with Gasteiger partial charge in [0, 0.05) is 26.3 Å². The average Bonchev–Trinajstić information content (AvgIpc) is 3.18. The second-order valence-electron chi connectivity index (χ2n) is 7.93. The standard InChI is InChI=1S/C26H22BrClN4O3/c1-3-16-4-8-20(9-5-16)29-25(34)26(35)31-32-22-11-7-19(28)13-17(22)14-23(32)24(33)30-21-10-6-18(27)12-15(21)2/h4-14H,3H2,1-2H3,(H,29,34)(H,30,33)(H,31,35). The molecule has 7 nitrogen and oxygen atoms in total. The zero-order valence-electron chi connectivity index (χ0n) is 19.0. The fourth-order valence-corrected chi connectivity index (χ4v) is 4.25. The van der Waals surface area contributed by atoms with Crippen molar-refractivity contribution in [2.45, 2.75) is 20.3 Å². The van der Waals surface area contributed by atoms with Crippen LogP contribution in [0, 0.1) is 6.92 Å². The molecule has 0 unspecified atom stereocenters. The molecule has 3 N–H and O–H groups in total. The van der Waals surface area contributed by atoms with E-state index in [0.717, 1.165) is 22.0 Å². The van der Waals surface area contributed by atoms with Crippen LogP contribution in [0.15, 0.2) is 71.2 Å². The molecule has 0 radical (unpaired) electrons. The summed E-state index contributed by atoms with van der Waals surface area (Å²) >= 11 is 9.53. The van der Waals surface area contributed by atoms with E-state index in [1.807, 2.05) is 38.1 Å². The lowest BCUT2D eigenvalue weighted by Gasteiger charge is -2.14. The highest BCUT2D eigenvalue weighted by Gasteiger charge is 2.21. The number of aromatic nitrogens is 1. The van der Waals surface area contributed by atoms with Crippen LogP contribution >= 0.6 is 27.5 Å². The minimum Gasteiger partial charge on any atom is -0.320 e. The van der Waals surface area contributed by atoms with E-state index in [1.54, 1.807) is 42.5 Å². The molecule has 4 rings (SSSR count). The van der Waals surface area contributed by atoms with Crippen molar-refractivity contribution in [3.63, 3.8) is 0 Å². The van der Waals surface area contributed by atoms with E-state index in [9.17, 15) is 14.4 Å². The first-order chi connectivity index (χ1) is 16.7. The van der Waals surface area contributed by atoms with E-state index < -0.39 is 17.7 Å². The van der Waals surface area contributed by atoms with E-state index >= 15 is 0 Å². The highest BCUT2D eigenvalue weighted by atomic mass is 79.9. The third-order valence-corrected chi connectivity index (χ3v) is 6.20. The number of amides is 3. The second-order valence-corrected chi connectivity index (χ2v) is 9.28. The predicted molar refractivity (Wildman–Crippen MR) is 143 cm³/mol. The number of carbonyl (C=O) groups is 3. The molecule has 35 heavy (non-hydrogen) atoms. The molecule has 0 saturated carbocycles. The fourth-order valence-electron chi connectivity index (χ4n) is 3.59. The number of hydrogen-bond acceptors (Lipinski definition) is 3. The Morgan fingerprint density at radius 2 is 1.66 bits per heavy atom. The Morgan fingerprint density at radius 3 is 2.34 bits per heavy atom. The molecular formula is C26H22BrClN4O3. The van der Waals surface area contributed by atoms with Crippen LogP contribution in [0.5, 0.6) is 0 Å². The summed E-state index contributed by atoms with van der Waals surface area (Å²) in [7, 11) is 0. The van der Waals surface area contributed by atoms with Crippen molar-refractivity contribution in [3.8, 4) is 0 Å². The van der Waals surface area contributed by atoms with Gasteiger partial charge in [0.15, 0.2) is 0 Å². The summed E-state index contributed by atoms with van der Waals surface area (Å²) in [4.78, 5) is 38.5. The average molecular weight is 554 g/mol. The Labute approximate surface area is 215 Å². The number of carbonyl (C=O) groups excluding carboxylic acids is 3. The van der Waals surface area contributed by atoms with Crippen LogP contribution in [0.3, 0.4) is 0 Å². The van der Waals surface area contributed by atoms with Gasteiger partial charge in [0.2, 0.25) is 0 Å². The molecule has 0 aliphatic rings. The normalized spacial score (nSPS) is 10.7. The van der Waals surface area contributed by atoms with Gasteiger partial charge in [-0.3, -0.25) is 19.8 Å². The maximum atomic E-state index is 13.2. The topological polar surface area (TPSA) is 92.2 Å². The first-order valence-electron chi connectivity index (χ1n) is 10.8. The number of aryl methyl sites for hydroxylation is 2. The second kappa shape index (κ2) is 10.3. The number of nitrogens with one attached hydrogen (secondary N) is 3. The van der Waals surface area contributed by atoms with Crippen molar-refractivity contribution in [3.05, 3.63) is 93.0 Å². The highest BCUT2D eigenvalue weighted by molar-refractivity contribution is 9.10. The molecule has 3 aromatic carbocycles. The Balaban J connectivity index is 1.61. The smallest absolute Gasteiger partial charge is 0.320 e. The minimum absolute atomic E-state index is 0.137. The molecule has 1 aromatic heterocycles. The van der Waals surface area contributed by atoms with Gasteiger partial charge in [-0.1, -0.05) is 46.6 Å². The van der Waals surface area contributed by atoms with Crippen LogP contribution in [0.1, 0.15) is 28.5 Å². The van der Waals surface area contributed by atoms with E-state index in [4.69, 9.17) is 11.6 Å². The molecule has 0 aliphatic carbocycles. The molecule has 0 aliphatic heterocycles. The molecule has 0 bridgehead atoms. The van der Waals surface area contributed by atoms with Gasteiger partial charge < -0.3 is 10.6 Å². The summed E-state index contributed by atoms with van der Waals surface area (Å²) in [6.45, 7) is 3.90. The maximum absolute atomic E-state index is 13.2. The molecule has 1 heterocycles. The van der Waals surface area contributed by atoms with Gasteiger partial charge >= 0.3 is 11.8 Å². The Morgan fingerprint density at radius 1 is 0.914 bits per heavy atom. The molecule has 0 fully saturated rings. The molecule has 0 spiro atoms. The predicted octanol–water partition coefficient (Wildman–Crippen LogP) is 5.89. The summed E-state index contributed by atoms with van der Waals surface area (Å²) in [5, 5.41) is 6.54. The van der Waals surface area contributed by atoms with Gasteiger partial charge in [0.05, 0.1) is 5.52 Å². The summed E-state index contributed by atoms with van der Waals surface area (Å²) in [6, 6.07) is 19.3. The molecule has 4 aromatic rings. The van der Waals surface area contributed by atoms with Crippen LogP contribution in [0.25, 0.3) is 10.9 Å². The van der Waals surface area contributed by atoms with Crippen molar-refractivity contribution < 1.29 is 14.4 Å². The van der Waals surface area contributed by atoms with Gasteiger partial charge in [-0.15, -0.1) is 0 Å². The monoisotopic (exact) mass is 552 g/mol. The largest absolute Gasteiger partial charge is 0.328 e. The molecular weight excluding hydrogens is 532 g/mol. The number of hydrogen-bond donors (Lipinski definition) is 3. The van der Waals surface area contributed by atoms with Crippen molar-refractivity contribution in [2.24, 2.45) is 0 Å². The molecule has 0 saturated heterocycles. The summed E-state index contributed by atoms with van der Waals surface area (Å²) < 4.78 is 2.18. The summed E-state index contributed by atoms with van der Waals surface area (Å²) in [6.07, 6.45) is 0.865. The minimum atomic E-state index is -0.925. The SMILES string of the molecule is CCc1ccc(NC(=O)C(=O)Nn2c(C(=O)Nc3ccc(Br)cc3C)cc3cc(Cl)ccc32)cc1. The highest BCUT2D eigenvalue weighted by Crippen LogP contribution is 2.25. The van der Waals surface area contributed by atoms with Gasteiger partial charge in [-0.05, 0) is 79.1 Å². The Kier molecular flexibility index (Phi) is 7.23. The quantitative estimate of drug-likeness (QED) is 0.269.